The Hall–Kier alpha value is -1.55. The average Bonchev–Trinajstić information content (AvgIpc) is 2.42. The highest BCUT2D eigenvalue weighted by molar-refractivity contribution is 7.89. The zero-order valence-corrected chi connectivity index (χ0v) is 13.0. The maximum absolute atomic E-state index is 11.4. The summed E-state index contributed by atoms with van der Waals surface area (Å²) in [5, 5.41) is 8.61. The monoisotopic (exact) mass is 307 g/mol. The number of nitrogens with zero attached hydrogens (tertiary/aromatic N) is 1. The number of hydrogen-bond acceptors (Lipinski definition) is 4. The number of rotatable bonds is 4. The summed E-state index contributed by atoms with van der Waals surface area (Å²) in [6, 6.07) is 5.24. The van der Waals surface area contributed by atoms with E-state index in [0.717, 1.165) is 37.2 Å². The number of anilines is 1. The second-order valence-corrected chi connectivity index (χ2v) is 6.98. The van der Waals surface area contributed by atoms with Crippen molar-refractivity contribution < 1.29 is 8.42 Å². The zero-order chi connectivity index (χ0) is 15.5. The molecule has 1 saturated heterocycles. The van der Waals surface area contributed by atoms with Gasteiger partial charge in [-0.25, -0.2) is 13.6 Å². The van der Waals surface area contributed by atoms with Crippen molar-refractivity contribution in [1.29, 1.82) is 0 Å². The molecule has 0 saturated carbocycles. The maximum atomic E-state index is 11.4. The van der Waals surface area contributed by atoms with E-state index in [9.17, 15) is 8.42 Å². The van der Waals surface area contributed by atoms with Gasteiger partial charge in [-0.3, -0.25) is 4.90 Å². The van der Waals surface area contributed by atoms with Gasteiger partial charge in [-0.05, 0) is 37.5 Å². The van der Waals surface area contributed by atoms with Crippen LogP contribution in [0.4, 0.5) is 5.69 Å². The summed E-state index contributed by atoms with van der Waals surface area (Å²) in [4.78, 5) is 2.38. The molecule has 1 aliphatic heterocycles. The Morgan fingerprint density at radius 2 is 2.10 bits per heavy atom. The molecule has 0 bridgehead atoms. The lowest BCUT2D eigenvalue weighted by atomic mass is 10.0. The van der Waals surface area contributed by atoms with E-state index in [1.54, 1.807) is 12.1 Å². The van der Waals surface area contributed by atoms with Crippen LogP contribution in [0.5, 0.6) is 0 Å². The Labute approximate surface area is 126 Å². The van der Waals surface area contributed by atoms with E-state index in [4.69, 9.17) is 11.6 Å². The number of piperidine rings is 1. The van der Waals surface area contributed by atoms with Crippen molar-refractivity contribution in [3.05, 3.63) is 23.8 Å². The van der Waals surface area contributed by atoms with E-state index in [1.165, 1.54) is 6.07 Å². The summed E-state index contributed by atoms with van der Waals surface area (Å²) in [6.07, 6.45) is 7.29. The van der Waals surface area contributed by atoms with Gasteiger partial charge in [0.05, 0.1) is 11.4 Å². The molecule has 5 nitrogen and oxygen atoms in total. The smallest absolute Gasteiger partial charge is 0.238 e. The van der Waals surface area contributed by atoms with E-state index >= 15 is 0 Å². The number of terminal acetylenes is 1. The molecule has 2 rings (SSSR count). The van der Waals surface area contributed by atoms with Gasteiger partial charge in [0.1, 0.15) is 0 Å². The molecule has 1 aromatic rings. The number of sulfonamides is 1. The Balaban J connectivity index is 2.05. The fourth-order valence-corrected chi connectivity index (χ4v) is 3.06. The predicted molar refractivity (Wildman–Crippen MR) is 84.5 cm³/mol. The third kappa shape index (κ3) is 4.21. The molecule has 0 amide bonds. The third-order valence-corrected chi connectivity index (χ3v) is 4.71. The molecule has 0 aliphatic carbocycles. The number of hydrogen-bond donors (Lipinski definition) is 2. The Morgan fingerprint density at radius 3 is 2.67 bits per heavy atom. The molecule has 0 spiro atoms. The lowest BCUT2D eigenvalue weighted by Crippen LogP contribution is -2.39. The number of nitrogens with two attached hydrogens (primary N) is 1. The summed E-state index contributed by atoms with van der Waals surface area (Å²) >= 11 is 0. The highest BCUT2D eigenvalue weighted by Gasteiger charge is 2.19. The van der Waals surface area contributed by atoms with Crippen molar-refractivity contribution in [3.63, 3.8) is 0 Å². The normalized spacial score (nSPS) is 17.4. The lowest BCUT2D eigenvalue weighted by molar-refractivity contribution is 0.243. The molecule has 1 heterocycles. The number of likely N-dealkylation sites (tertiary alicyclic amines) is 1. The Bertz CT molecular complexity index is 641. The van der Waals surface area contributed by atoms with Crippen LogP contribution < -0.4 is 10.5 Å². The molecule has 0 radical (unpaired) electrons. The van der Waals surface area contributed by atoms with Crippen LogP contribution in [0.2, 0.25) is 0 Å². The highest BCUT2D eigenvalue weighted by Crippen LogP contribution is 2.23. The predicted octanol–water partition coefficient (Wildman–Crippen LogP) is 1.15. The van der Waals surface area contributed by atoms with Crippen molar-refractivity contribution in [1.82, 2.24) is 4.90 Å². The second-order valence-electron chi connectivity index (χ2n) is 5.42. The van der Waals surface area contributed by atoms with Crippen LogP contribution in [0.3, 0.4) is 0 Å². The molecule has 21 heavy (non-hydrogen) atoms. The van der Waals surface area contributed by atoms with Crippen LogP contribution in [0.25, 0.3) is 0 Å². The first kappa shape index (κ1) is 15.8. The van der Waals surface area contributed by atoms with E-state index in [0.29, 0.717) is 12.6 Å². The number of primary sulfonamides is 1. The number of aryl methyl sites for hydroxylation is 1. The topological polar surface area (TPSA) is 75.4 Å². The highest BCUT2D eigenvalue weighted by atomic mass is 32.2. The molecular formula is C15H21N3O2S. The fourth-order valence-electron chi connectivity index (χ4n) is 2.52. The molecule has 114 valence electrons. The van der Waals surface area contributed by atoms with Crippen LogP contribution in [0.15, 0.2) is 23.1 Å². The van der Waals surface area contributed by atoms with Gasteiger partial charge in [0.25, 0.3) is 0 Å². The van der Waals surface area contributed by atoms with Crippen LogP contribution in [-0.2, 0) is 10.0 Å². The van der Waals surface area contributed by atoms with Gasteiger partial charge >= 0.3 is 0 Å². The van der Waals surface area contributed by atoms with Crippen LogP contribution in [0, 0.1) is 19.3 Å². The van der Waals surface area contributed by atoms with Crippen LogP contribution in [0.1, 0.15) is 18.4 Å². The molecule has 1 aromatic carbocycles. The Kier molecular flexibility index (Phi) is 4.88. The van der Waals surface area contributed by atoms with Gasteiger partial charge in [0.2, 0.25) is 10.0 Å². The Morgan fingerprint density at radius 1 is 1.43 bits per heavy atom. The summed E-state index contributed by atoms with van der Waals surface area (Å²) in [7, 11) is -3.67. The molecule has 1 fully saturated rings. The van der Waals surface area contributed by atoms with Crippen LogP contribution in [-0.4, -0.2) is 39.0 Å². The summed E-state index contributed by atoms with van der Waals surface area (Å²) in [5.74, 6) is 2.66. The second kappa shape index (κ2) is 6.48. The minimum Gasteiger partial charge on any atom is -0.382 e. The molecule has 0 aromatic heterocycles. The summed E-state index contributed by atoms with van der Waals surface area (Å²) < 4.78 is 22.9. The molecule has 1 aliphatic rings. The number of benzene rings is 1. The largest absolute Gasteiger partial charge is 0.382 e. The number of nitrogens with one attached hydrogen (secondary N) is 1. The molecule has 0 unspecified atom stereocenters. The van der Waals surface area contributed by atoms with Crippen LogP contribution >= 0.6 is 0 Å². The lowest BCUT2D eigenvalue weighted by Gasteiger charge is -2.32. The van der Waals surface area contributed by atoms with Gasteiger partial charge < -0.3 is 5.32 Å². The van der Waals surface area contributed by atoms with Gasteiger partial charge in [-0.15, -0.1) is 6.42 Å². The van der Waals surface area contributed by atoms with E-state index in [1.807, 2.05) is 6.92 Å². The molecule has 3 N–H and O–H groups in total. The quantitative estimate of drug-likeness (QED) is 0.818. The standard InChI is InChI=1S/C15H21N3O2S/c1-3-8-18-9-6-13(7-10-18)17-15-11-14(21(16,19)20)5-4-12(15)2/h1,4-5,11,13,17H,6-10H2,2H3,(H2,16,19,20). The maximum Gasteiger partial charge on any atom is 0.238 e. The first-order valence-corrected chi connectivity index (χ1v) is 8.50. The first-order valence-electron chi connectivity index (χ1n) is 6.96. The van der Waals surface area contributed by atoms with Gasteiger partial charge in [0, 0.05) is 24.8 Å². The van der Waals surface area contributed by atoms with Gasteiger partial charge in [0.15, 0.2) is 0 Å². The van der Waals surface area contributed by atoms with E-state index in [-0.39, 0.29) is 4.90 Å². The molecule has 6 heteroatoms. The van der Waals surface area contributed by atoms with Crippen molar-refractivity contribution in [2.75, 3.05) is 25.0 Å². The minimum atomic E-state index is -3.67. The minimum absolute atomic E-state index is 0.139. The summed E-state index contributed by atoms with van der Waals surface area (Å²) in [5.41, 5.74) is 1.84. The van der Waals surface area contributed by atoms with Crippen molar-refractivity contribution >= 4 is 15.7 Å². The van der Waals surface area contributed by atoms with E-state index < -0.39 is 10.0 Å². The zero-order valence-electron chi connectivity index (χ0n) is 12.2. The molecular weight excluding hydrogens is 286 g/mol. The first-order chi connectivity index (χ1) is 9.90. The molecule has 0 atom stereocenters. The van der Waals surface area contributed by atoms with Crippen molar-refractivity contribution in [2.24, 2.45) is 5.14 Å². The van der Waals surface area contributed by atoms with Gasteiger partial charge in [-0.1, -0.05) is 12.0 Å². The average molecular weight is 307 g/mol. The SMILES string of the molecule is C#CCN1CCC(Nc2cc(S(N)(=O)=O)ccc2C)CC1. The van der Waals surface area contributed by atoms with Gasteiger partial charge in [-0.2, -0.15) is 0 Å². The summed E-state index contributed by atoms with van der Waals surface area (Å²) in [6.45, 7) is 4.54. The van der Waals surface area contributed by atoms with Crippen molar-refractivity contribution in [3.8, 4) is 12.3 Å². The van der Waals surface area contributed by atoms with E-state index in [2.05, 4.69) is 16.1 Å². The van der Waals surface area contributed by atoms with Crippen molar-refractivity contribution in [2.45, 2.75) is 30.7 Å². The third-order valence-electron chi connectivity index (χ3n) is 3.80. The fraction of sp³-hybridized carbons (Fsp3) is 0.467.